The Bertz CT molecular complexity index is 821. The van der Waals surface area contributed by atoms with E-state index in [0.29, 0.717) is 6.04 Å². The van der Waals surface area contributed by atoms with Crippen LogP contribution in [0.4, 0.5) is 0 Å². The summed E-state index contributed by atoms with van der Waals surface area (Å²) in [4.78, 5) is 8.39. The second-order valence-electron chi connectivity index (χ2n) is 7.22. The molecule has 0 bridgehead atoms. The number of ether oxygens (including phenoxy) is 1. The lowest BCUT2D eigenvalue weighted by Gasteiger charge is -2.31. The van der Waals surface area contributed by atoms with Crippen molar-refractivity contribution in [2.24, 2.45) is 0 Å². The van der Waals surface area contributed by atoms with Gasteiger partial charge in [-0.05, 0) is 62.4 Å². The van der Waals surface area contributed by atoms with Crippen LogP contribution in [-0.4, -0.2) is 41.8 Å². The summed E-state index contributed by atoms with van der Waals surface area (Å²) in [6, 6.07) is 9.16. The first kappa shape index (κ1) is 19.7. The summed E-state index contributed by atoms with van der Waals surface area (Å²) in [5.74, 6) is 0.858. The Morgan fingerprint density at radius 3 is 2.82 bits per heavy atom. The Balaban J connectivity index is 1.26. The summed E-state index contributed by atoms with van der Waals surface area (Å²) < 4.78 is 9.47. The smallest absolute Gasteiger partial charge is 0.279 e. The highest BCUT2D eigenvalue weighted by atomic mass is 32.2. The van der Waals surface area contributed by atoms with Crippen LogP contribution in [0.15, 0.2) is 42.5 Å². The molecule has 1 saturated heterocycles. The van der Waals surface area contributed by atoms with E-state index in [4.69, 9.17) is 4.74 Å². The first-order valence-corrected chi connectivity index (χ1v) is 11.9. The molecule has 4 rings (SSSR count). The predicted molar refractivity (Wildman–Crippen MR) is 120 cm³/mol. The van der Waals surface area contributed by atoms with E-state index in [2.05, 4.69) is 69.4 Å². The van der Waals surface area contributed by atoms with Crippen molar-refractivity contribution in [1.29, 1.82) is 0 Å². The van der Waals surface area contributed by atoms with Crippen LogP contribution in [0.5, 0.6) is 10.9 Å². The molecule has 1 fully saturated rings. The zero-order valence-corrected chi connectivity index (χ0v) is 17.9. The molecule has 0 unspecified atom stereocenters. The molecule has 1 aromatic carbocycles. The largest absolute Gasteiger partial charge is 0.431 e. The summed E-state index contributed by atoms with van der Waals surface area (Å²) in [7, 11) is 0. The Hall–Kier alpha value is -1.60. The standard InChI is InChI=1S/C22H27N3OS2/c1-27-24-18-12-15-25(16-13-18)14-11-17-7-9-19(10-8-17)26-22-23-20-5-3-2-4-6-21(20)28-22/h2-4,6-10,18,24H,5,11-16H2,1H3. The molecule has 2 aliphatic rings. The molecule has 4 nitrogen and oxygen atoms in total. The van der Waals surface area contributed by atoms with Crippen LogP contribution >= 0.6 is 23.3 Å². The second-order valence-corrected chi connectivity index (χ2v) is 8.85. The number of piperidine rings is 1. The van der Waals surface area contributed by atoms with Gasteiger partial charge in [-0.3, -0.25) is 4.72 Å². The van der Waals surface area contributed by atoms with Crippen LogP contribution in [0.1, 0.15) is 29.0 Å². The average molecular weight is 414 g/mol. The molecule has 0 amide bonds. The van der Waals surface area contributed by atoms with Gasteiger partial charge in [-0.15, -0.1) is 0 Å². The van der Waals surface area contributed by atoms with Crippen molar-refractivity contribution in [3.8, 4) is 10.9 Å². The highest BCUT2D eigenvalue weighted by Gasteiger charge is 2.18. The number of likely N-dealkylation sites (tertiary alicyclic amines) is 1. The van der Waals surface area contributed by atoms with Gasteiger partial charge < -0.3 is 9.64 Å². The molecule has 0 atom stereocenters. The number of aromatic nitrogens is 1. The van der Waals surface area contributed by atoms with Gasteiger partial charge in [0.2, 0.25) is 0 Å². The minimum absolute atomic E-state index is 0.676. The van der Waals surface area contributed by atoms with Crippen molar-refractivity contribution in [2.45, 2.75) is 31.7 Å². The Morgan fingerprint density at radius 1 is 1.21 bits per heavy atom. The highest BCUT2D eigenvalue weighted by molar-refractivity contribution is 7.96. The topological polar surface area (TPSA) is 37.4 Å². The number of benzene rings is 1. The quantitative estimate of drug-likeness (QED) is 0.651. The molecule has 1 aromatic heterocycles. The molecule has 148 valence electrons. The summed E-state index contributed by atoms with van der Waals surface area (Å²) in [5.41, 5.74) is 2.46. The SMILES string of the molecule is CSNC1CCN(CCc2ccc(Oc3nc4c(s3)C=CC=CC4)cc2)CC1. The third-order valence-electron chi connectivity index (χ3n) is 5.23. The van der Waals surface area contributed by atoms with Gasteiger partial charge in [0, 0.05) is 19.0 Å². The first-order valence-electron chi connectivity index (χ1n) is 9.91. The van der Waals surface area contributed by atoms with Crippen LogP contribution in [0.25, 0.3) is 6.08 Å². The lowest BCUT2D eigenvalue weighted by molar-refractivity contribution is 0.211. The monoisotopic (exact) mass is 413 g/mol. The third kappa shape index (κ3) is 5.26. The lowest BCUT2D eigenvalue weighted by Crippen LogP contribution is -2.41. The minimum Gasteiger partial charge on any atom is -0.431 e. The number of nitrogens with zero attached hydrogens (tertiary/aromatic N) is 2. The van der Waals surface area contributed by atoms with Crippen molar-refractivity contribution in [1.82, 2.24) is 14.6 Å². The van der Waals surface area contributed by atoms with E-state index in [9.17, 15) is 0 Å². The second kappa shape index (κ2) is 9.74. The van der Waals surface area contributed by atoms with Gasteiger partial charge in [-0.1, -0.05) is 53.6 Å². The Labute approximate surface area is 175 Å². The zero-order valence-electron chi connectivity index (χ0n) is 16.3. The van der Waals surface area contributed by atoms with Crippen molar-refractivity contribution in [3.63, 3.8) is 0 Å². The molecule has 1 aliphatic heterocycles. The summed E-state index contributed by atoms with van der Waals surface area (Å²) >= 11 is 3.35. The molecule has 6 heteroatoms. The molecule has 1 aliphatic carbocycles. The Morgan fingerprint density at radius 2 is 2.04 bits per heavy atom. The van der Waals surface area contributed by atoms with Gasteiger partial charge in [0.1, 0.15) is 5.75 Å². The van der Waals surface area contributed by atoms with Crippen LogP contribution in [0, 0.1) is 0 Å². The molecule has 2 heterocycles. The molecule has 28 heavy (non-hydrogen) atoms. The van der Waals surface area contributed by atoms with E-state index >= 15 is 0 Å². The van der Waals surface area contributed by atoms with Gasteiger partial charge in [-0.25, -0.2) is 4.98 Å². The highest BCUT2D eigenvalue weighted by Crippen LogP contribution is 2.31. The number of hydrogen-bond acceptors (Lipinski definition) is 6. The van der Waals surface area contributed by atoms with Gasteiger partial charge >= 0.3 is 0 Å². The van der Waals surface area contributed by atoms with Gasteiger partial charge in [-0.2, -0.15) is 0 Å². The maximum atomic E-state index is 5.99. The first-order chi connectivity index (χ1) is 13.8. The molecule has 0 radical (unpaired) electrons. The molecular weight excluding hydrogens is 386 g/mol. The molecule has 2 aromatic rings. The summed E-state index contributed by atoms with van der Waals surface area (Å²) in [5, 5.41) is 0.722. The number of thiazole rings is 1. The lowest BCUT2D eigenvalue weighted by atomic mass is 10.1. The zero-order chi connectivity index (χ0) is 19.2. The number of fused-ring (bicyclic) bond motifs is 1. The maximum Gasteiger partial charge on any atom is 0.279 e. The van der Waals surface area contributed by atoms with E-state index in [0.717, 1.165) is 36.0 Å². The summed E-state index contributed by atoms with van der Waals surface area (Å²) in [6.07, 6.45) is 14.9. The van der Waals surface area contributed by atoms with Crippen LogP contribution in [-0.2, 0) is 12.8 Å². The molecule has 0 saturated carbocycles. The van der Waals surface area contributed by atoms with Crippen molar-refractivity contribution >= 4 is 29.4 Å². The van der Waals surface area contributed by atoms with Gasteiger partial charge in [0.15, 0.2) is 0 Å². The van der Waals surface area contributed by atoms with Crippen LogP contribution in [0.3, 0.4) is 0 Å². The van der Waals surface area contributed by atoms with Crippen molar-refractivity contribution < 1.29 is 4.74 Å². The van der Waals surface area contributed by atoms with E-state index < -0.39 is 0 Å². The average Bonchev–Trinajstić information content (AvgIpc) is 2.97. The van der Waals surface area contributed by atoms with E-state index in [1.807, 2.05) is 0 Å². The number of rotatable bonds is 7. The maximum absolute atomic E-state index is 5.99. The number of hydrogen-bond donors (Lipinski definition) is 1. The van der Waals surface area contributed by atoms with E-state index in [-0.39, 0.29) is 0 Å². The van der Waals surface area contributed by atoms with Gasteiger partial charge in [0.25, 0.3) is 5.19 Å². The third-order valence-corrected chi connectivity index (χ3v) is 6.74. The predicted octanol–water partition coefficient (Wildman–Crippen LogP) is 4.94. The fraction of sp³-hybridized carbons (Fsp3) is 0.409. The minimum atomic E-state index is 0.676. The number of nitrogens with one attached hydrogen (secondary N) is 1. The number of allylic oxidation sites excluding steroid dienone is 3. The normalized spacial score (nSPS) is 17.5. The van der Waals surface area contributed by atoms with Crippen molar-refractivity contribution in [2.75, 3.05) is 25.9 Å². The van der Waals surface area contributed by atoms with Crippen LogP contribution < -0.4 is 9.46 Å². The molecule has 1 N–H and O–H groups in total. The fourth-order valence-electron chi connectivity index (χ4n) is 3.62. The molecule has 0 spiro atoms. The molecular formula is C22H27N3OS2. The van der Waals surface area contributed by atoms with E-state index in [1.165, 1.54) is 36.4 Å². The van der Waals surface area contributed by atoms with Crippen LogP contribution in [0.2, 0.25) is 0 Å². The van der Waals surface area contributed by atoms with Gasteiger partial charge in [0.05, 0.1) is 10.6 Å². The van der Waals surface area contributed by atoms with Crippen molar-refractivity contribution in [3.05, 3.63) is 58.6 Å². The van der Waals surface area contributed by atoms with E-state index in [1.54, 1.807) is 23.3 Å². The fourth-order valence-corrected chi connectivity index (χ4v) is 5.06. The Kier molecular flexibility index (Phi) is 6.86. The summed E-state index contributed by atoms with van der Waals surface area (Å²) in [6.45, 7) is 3.51.